The van der Waals surface area contributed by atoms with Gasteiger partial charge in [0, 0.05) is 13.0 Å². The van der Waals surface area contributed by atoms with Crippen molar-refractivity contribution in [2.45, 2.75) is 97.1 Å². The standard InChI is InChI=1S/C35H50N4O8/c1-24(2)21-28(30(40)37-27(32(42)45-6)19-13-14-20-36-33(43)47-35(3,4)5)38-31(41)29(22-25-15-9-7-10-16-25)39-34(44)46-23-26-17-11-8-12-18-26/h7-12,15-18,24,27-29H,13-14,19-23H2,1-6H3,(H,36,43)(H,37,40)(H,38,41)(H,39,44). The zero-order valence-corrected chi connectivity index (χ0v) is 28.3. The van der Waals surface area contributed by atoms with E-state index in [1.807, 2.05) is 74.5 Å². The smallest absolute Gasteiger partial charge is 0.408 e. The van der Waals surface area contributed by atoms with Crippen LogP contribution in [0.3, 0.4) is 0 Å². The van der Waals surface area contributed by atoms with Gasteiger partial charge in [-0.3, -0.25) is 9.59 Å². The van der Waals surface area contributed by atoms with Crippen LogP contribution in [0.15, 0.2) is 60.7 Å². The van der Waals surface area contributed by atoms with E-state index >= 15 is 0 Å². The number of benzene rings is 2. The van der Waals surface area contributed by atoms with Crippen LogP contribution in [-0.2, 0) is 41.6 Å². The predicted molar refractivity (Wildman–Crippen MR) is 177 cm³/mol. The number of carbonyl (C=O) groups excluding carboxylic acids is 5. The maximum absolute atomic E-state index is 13.6. The topological polar surface area (TPSA) is 161 Å². The molecule has 0 aliphatic heterocycles. The van der Waals surface area contributed by atoms with Crippen molar-refractivity contribution in [3.63, 3.8) is 0 Å². The third-order valence-electron chi connectivity index (χ3n) is 6.83. The van der Waals surface area contributed by atoms with Crippen LogP contribution in [0.1, 0.15) is 71.4 Å². The van der Waals surface area contributed by atoms with E-state index in [-0.39, 0.29) is 31.8 Å². The van der Waals surface area contributed by atoms with Gasteiger partial charge in [0.25, 0.3) is 0 Å². The summed E-state index contributed by atoms with van der Waals surface area (Å²) in [6.45, 7) is 9.47. The van der Waals surface area contributed by atoms with Gasteiger partial charge in [0.15, 0.2) is 0 Å². The first kappa shape index (κ1) is 38.6. The number of amides is 4. The molecule has 0 aliphatic carbocycles. The Morgan fingerprint density at radius 1 is 0.723 bits per heavy atom. The van der Waals surface area contributed by atoms with Gasteiger partial charge in [-0.25, -0.2) is 14.4 Å². The molecule has 0 bridgehead atoms. The SMILES string of the molecule is COC(=O)C(CCCCNC(=O)OC(C)(C)C)NC(=O)C(CC(C)C)NC(=O)C(Cc1ccccc1)NC(=O)OCc1ccccc1. The first-order valence-electron chi connectivity index (χ1n) is 15.9. The number of rotatable bonds is 17. The highest BCUT2D eigenvalue weighted by Crippen LogP contribution is 2.11. The number of unbranched alkanes of at least 4 members (excludes halogenated alkanes) is 1. The molecule has 4 amide bonds. The van der Waals surface area contributed by atoms with Gasteiger partial charge >= 0.3 is 18.2 Å². The fourth-order valence-electron chi connectivity index (χ4n) is 4.58. The van der Waals surface area contributed by atoms with E-state index in [4.69, 9.17) is 14.2 Å². The molecule has 3 unspecified atom stereocenters. The molecule has 3 atom stereocenters. The van der Waals surface area contributed by atoms with E-state index in [1.165, 1.54) is 7.11 Å². The highest BCUT2D eigenvalue weighted by atomic mass is 16.6. The van der Waals surface area contributed by atoms with Crippen molar-refractivity contribution >= 4 is 30.0 Å². The van der Waals surface area contributed by atoms with E-state index in [0.717, 1.165) is 11.1 Å². The van der Waals surface area contributed by atoms with Crippen LogP contribution in [0.5, 0.6) is 0 Å². The molecule has 258 valence electrons. The molecule has 0 saturated heterocycles. The van der Waals surface area contributed by atoms with Crippen molar-refractivity contribution in [1.29, 1.82) is 0 Å². The zero-order valence-electron chi connectivity index (χ0n) is 28.3. The molecule has 0 aliphatic rings. The Labute approximate surface area is 277 Å². The lowest BCUT2D eigenvalue weighted by molar-refractivity contribution is -0.145. The molecule has 2 aromatic carbocycles. The Hall–Kier alpha value is -4.61. The van der Waals surface area contributed by atoms with E-state index in [9.17, 15) is 24.0 Å². The van der Waals surface area contributed by atoms with Crippen LogP contribution >= 0.6 is 0 Å². The lowest BCUT2D eigenvalue weighted by Gasteiger charge is -2.26. The van der Waals surface area contributed by atoms with Crippen LogP contribution in [0, 0.1) is 5.92 Å². The summed E-state index contributed by atoms with van der Waals surface area (Å²) in [6.07, 6.45) is 0.399. The summed E-state index contributed by atoms with van der Waals surface area (Å²) in [4.78, 5) is 64.3. The normalized spacial score (nSPS) is 13.0. The molecule has 0 saturated carbocycles. The van der Waals surface area contributed by atoms with Gasteiger partial charge in [-0.2, -0.15) is 0 Å². The Morgan fingerprint density at radius 2 is 1.30 bits per heavy atom. The molecule has 12 heteroatoms. The van der Waals surface area contributed by atoms with Crippen molar-refractivity contribution in [1.82, 2.24) is 21.3 Å². The summed E-state index contributed by atoms with van der Waals surface area (Å²) in [5.41, 5.74) is 0.975. The maximum atomic E-state index is 13.6. The van der Waals surface area contributed by atoms with Crippen LogP contribution in [-0.4, -0.2) is 67.4 Å². The van der Waals surface area contributed by atoms with E-state index in [1.54, 1.807) is 20.8 Å². The van der Waals surface area contributed by atoms with Crippen LogP contribution in [0.4, 0.5) is 9.59 Å². The zero-order chi connectivity index (χ0) is 34.8. The molecule has 12 nitrogen and oxygen atoms in total. The number of ether oxygens (including phenoxy) is 3. The first-order chi connectivity index (χ1) is 22.3. The third-order valence-corrected chi connectivity index (χ3v) is 6.83. The van der Waals surface area contributed by atoms with Gasteiger partial charge < -0.3 is 35.5 Å². The highest BCUT2D eigenvalue weighted by Gasteiger charge is 2.31. The van der Waals surface area contributed by atoms with Crippen molar-refractivity contribution < 1.29 is 38.2 Å². The maximum Gasteiger partial charge on any atom is 0.408 e. The highest BCUT2D eigenvalue weighted by molar-refractivity contribution is 5.93. The van der Waals surface area contributed by atoms with Gasteiger partial charge in [-0.1, -0.05) is 74.5 Å². The molecule has 0 fully saturated rings. The van der Waals surface area contributed by atoms with Gasteiger partial charge in [-0.15, -0.1) is 0 Å². The molecule has 2 rings (SSSR count). The minimum Gasteiger partial charge on any atom is -0.467 e. The Morgan fingerprint density at radius 3 is 1.87 bits per heavy atom. The number of hydrogen-bond donors (Lipinski definition) is 4. The first-order valence-corrected chi connectivity index (χ1v) is 15.9. The average molecular weight is 655 g/mol. The largest absolute Gasteiger partial charge is 0.467 e. The molecule has 47 heavy (non-hydrogen) atoms. The average Bonchev–Trinajstić information content (AvgIpc) is 3.01. The summed E-state index contributed by atoms with van der Waals surface area (Å²) < 4.78 is 15.5. The predicted octanol–water partition coefficient (Wildman–Crippen LogP) is 4.41. The van der Waals surface area contributed by atoms with Gasteiger partial charge in [0.2, 0.25) is 11.8 Å². The quantitative estimate of drug-likeness (QED) is 0.111. The van der Waals surface area contributed by atoms with Crippen molar-refractivity contribution in [2.75, 3.05) is 13.7 Å². The lowest BCUT2D eigenvalue weighted by Crippen LogP contribution is -2.56. The van der Waals surface area contributed by atoms with Crippen molar-refractivity contribution in [2.24, 2.45) is 5.92 Å². The Balaban J connectivity index is 2.07. The fraction of sp³-hybridized carbons (Fsp3) is 0.514. The molecule has 2 aromatic rings. The number of methoxy groups -OCH3 is 1. The minimum atomic E-state index is -1.04. The lowest BCUT2D eigenvalue weighted by atomic mass is 10.0. The monoisotopic (exact) mass is 654 g/mol. The summed E-state index contributed by atoms with van der Waals surface area (Å²) in [5, 5.41) is 10.8. The van der Waals surface area contributed by atoms with E-state index in [2.05, 4.69) is 21.3 Å². The van der Waals surface area contributed by atoms with Crippen LogP contribution in [0.2, 0.25) is 0 Å². The molecule has 0 spiro atoms. The minimum absolute atomic E-state index is 0.0120. The molecule has 0 heterocycles. The van der Waals surface area contributed by atoms with Crippen molar-refractivity contribution in [3.05, 3.63) is 71.8 Å². The summed E-state index contributed by atoms with van der Waals surface area (Å²) >= 11 is 0. The van der Waals surface area contributed by atoms with Gasteiger partial charge in [0.1, 0.15) is 30.3 Å². The van der Waals surface area contributed by atoms with E-state index in [0.29, 0.717) is 19.4 Å². The summed E-state index contributed by atoms with van der Waals surface area (Å²) in [6, 6.07) is 15.3. The molecule has 4 N–H and O–H groups in total. The molecular weight excluding hydrogens is 604 g/mol. The summed E-state index contributed by atoms with van der Waals surface area (Å²) in [7, 11) is 1.23. The number of esters is 1. The Kier molecular flexibility index (Phi) is 16.3. The second-order valence-corrected chi connectivity index (χ2v) is 12.6. The number of alkyl carbamates (subject to hydrolysis) is 2. The second-order valence-electron chi connectivity index (χ2n) is 12.6. The van der Waals surface area contributed by atoms with Crippen LogP contribution in [0.25, 0.3) is 0 Å². The third kappa shape index (κ3) is 16.0. The number of carbonyl (C=O) groups is 5. The fourth-order valence-corrected chi connectivity index (χ4v) is 4.58. The van der Waals surface area contributed by atoms with Crippen LogP contribution < -0.4 is 21.3 Å². The van der Waals surface area contributed by atoms with Gasteiger partial charge in [0.05, 0.1) is 7.11 Å². The molecule has 0 radical (unpaired) electrons. The Bertz CT molecular complexity index is 1280. The number of hydrogen-bond acceptors (Lipinski definition) is 8. The molecular formula is C35H50N4O8. The van der Waals surface area contributed by atoms with Gasteiger partial charge in [-0.05, 0) is 63.5 Å². The number of nitrogens with one attached hydrogen (secondary N) is 4. The summed E-state index contributed by atoms with van der Waals surface area (Å²) in [5.74, 6) is -1.75. The van der Waals surface area contributed by atoms with E-state index < -0.39 is 53.7 Å². The molecule has 0 aromatic heterocycles. The second kappa shape index (κ2) is 19.8. The van der Waals surface area contributed by atoms with Crippen molar-refractivity contribution in [3.8, 4) is 0 Å².